The highest BCUT2D eigenvalue weighted by atomic mass is 79.9. The predicted molar refractivity (Wildman–Crippen MR) is 146 cm³/mol. The molecular weight excluding hydrogens is 503 g/mol. The first-order chi connectivity index (χ1) is 16.1. The summed E-state index contributed by atoms with van der Waals surface area (Å²) in [7, 11) is -1.81. The second-order valence-electron chi connectivity index (χ2n) is 8.45. The molecule has 0 saturated carbocycles. The van der Waals surface area contributed by atoms with E-state index in [1.807, 2.05) is 0 Å². The van der Waals surface area contributed by atoms with Gasteiger partial charge in [-0.25, -0.2) is 0 Å². The Labute approximate surface area is 217 Å². The van der Waals surface area contributed by atoms with Crippen molar-refractivity contribution in [2.45, 2.75) is 65.2 Å². The monoisotopic (exact) mass is 542 g/mol. The number of halogens is 1. The summed E-state index contributed by atoms with van der Waals surface area (Å²) in [6.07, 6.45) is 9.84. The standard InChI is InChI=1S/C23H23O2P.C7H16.BrH/c24-23(25)18-10-11-19-26(20-12-4-1-5-13-20,21-14-6-2-7-15-21)22-16-8-3-9-17-22;1-3-5-7-6-4-2;/h1-9,12-17H,10-11,18-19H2;3-7H2,1-2H3;1H. The SMILES string of the molecule is CCCCCCC.O=C(O)CCCC[P+](c1ccccc1)(c1ccccc1)c1ccccc1.[Br-]. The molecule has 0 aliphatic heterocycles. The largest absolute Gasteiger partial charge is 1.00 e. The minimum absolute atomic E-state index is 0. The van der Waals surface area contributed by atoms with Crippen molar-refractivity contribution in [3.05, 3.63) is 91.0 Å². The number of benzene rings is 3. The second kappa shape index (κ2) is 17.5. The fourth-order valence-electron chi connectivity index (χ4n) is 4.18. The zero-order valence-corrected chi connectivity index (χ0v) is 23.2. The molecule has 0 atom stereocenters. The fourth-order valence-corrected chi connectivity index (χ4v) is 8.59. The number of hydrogen-bond donors (Lipinski definition) is 1. The smallest absolute Gasteiger partial charge is 0.303 e. The predicted octanol–water partition coefficient (Wildman–Crippen LogP) is 4.22. The molecule has 0 heterocycles. The summed E-state index contributed by atoms with van der Waals surface area (Å²) in [5.41, 5.74) is 0. The minimum atomic E-state index is -1.81. The van der Waals surface area contributed by atoms with Gasteiger partial charge in [0.15, 0.2) is 0 Å². The summed E-state index contributed by atoms with van der Waals surface area (Å²) >= 11 is 0. The highest BCUT2D eigenvalue weighted by Gasteiger charge is 2.44. The first-order valence-corrected chi connectivity index (χ1v) is 14.4. The summed E-state index contributed by atoms with van der Waals surface area (Å²) in [6.45, 7) is 4.49. The van der Waals surface area contributed by atoms with Crippen molar-refractivity contribution in [2.75, 3.05) is 6.16 Å². The van der Waals surface area contributed by atoms with Crippen LogP contribution in [0.5, 0.6) is 0 Å². The van der Waals surface area contributed by atoms with Gasteiger partial charge in [-0.15, -0.1) is 0 Å². The van der Waals surface area contributed by atoms with Gasteiger partial charge < -0.3 is 22.1 Å². The van der Waals surface area contributed by atoms with Crippen molar-refractivity contribution in [2.24, 2.45) is 0 Å². The molecule has 0 saturated heterocycles. The molecule has 0 aromatic heterocycles. The Kier molecular flexibility index (Phi) is 15.5. The molecule has 0 bridgehead atoms. The molecule has 3 aromatic carbocycles. The Hall–Kier alpha value is -1.96. The van der Waals surface area contributed by atoms with Crippen molar-refractivity contribution in [3.8, 4) is 0 Å². The third kappa shape index (κ3) is 9.35. The van der Waals surface area contributed by atoms with Crippen LogP contribution in [0.15, 0.2) is 91.0 Å². The van der Waals surface area contributed by atoms with E-state index < -0.39 is 13.2 Å². The number of aliphatic carboxylic acids is 1. The quantitative estimate of drug-likeness (QED) is 0.275. The average Bonchev–Trinajstić information content (AvgIpc) is 2.86. The number of rotatable bonds is 12. The number of hydrogen-bond acceptors (Lipinski definition) is 1. The molecule has 3 aromatic rings. The Bertz CT molecular complexity index is 800. The molecule has 0 aliphatic carbocycles. The Balaban J connectivity index is 0.000000633. The summed E-state index contributed by atoms with van der Waals surface area (Å²) in [4.78, 5) is 10.9. The lowest BCUT2D eigenvalue weighted by atomic mass is 10.2. The van der Waals surface area contributed by atoms with Gasteiger partial charge in [-0.1, -0.05) is 101 Å². The van der Waals surface area contributed by atoms with Gasteiger partial charge in [-0.3, -0.25) is 4.79 Å². The molecular formula is C30H40BrO2P. The van der Waals surface area contributed by atoms with Crippen molar-refractivity contribution >= 4 is 29.1 Å². The summed E-state index contributed by atoms with van der Waals surface area (Å²) in [5, 5.41) is 13.1. The molecule has 3 rings (SSSR count). The van der Waals surface area contributed by atoms with Gasteiger partial charge in [0.1, 0.15) is 23.2 Å². The molecule has 0 aliphatic rings. The lowest BCUT2D eigenvalue weighted by Crippen LogP contribution is -3.00. The van der Waals surface area contributed by atoms with E-state index in [4.69, 9.17) is 5.11 Å². The van der Waals surface area contributed by atoms with Gasteiger partial charge in [0.2, 0.25) is 0 Å². The number of carbonyl (C=O) groups is 1. The van der Waals surface area contributed by atoms with Crippen LogP contribution in [-0.2, 0) is 4.79 Å². The maximum absolute atomic E-state index is 10.9. The van der Waals surface area contributed by atoms with Gasteiger partial charge in [-0.05, 0) is 49.2 Å². The van der Waals surface area contributed by atoms with Gasteiger partial charge in [-0.2, -0.15) is 0 Å². The van der Waals surface area contributed by atoms with Crippen LogP contribution in [0, 0.1) is 0 Å². The van der Waals surface area contributed by atoms with Gasteiger partial charge in [0.25, 0.3) is 0 Å². The lowest BCUT2D eigenvalue weighted by Gasteiger charge is -2.27. The zero-order valence-electron chi connectivity index (χ0n) is 20.7. The van der Waals surface area contributed by atoms with Crippen LogP contribution in [-0.4, -0.2) is 17.2 Å². The summed E-state index contributed by atoms with van der Waals surface area (Å²) < 4.78 is 0. The van der Waals surface area contributed by atoms with E-state index in [-0.39, 0.29) is 23.4 Å². The van der Waals surface area contributed by atoms with E-state index in [1.165, 1.54) is 48.0 Å². The van der Waals surface area contributed by atoms with Gasteiger partial charge in [0.05, 0.1) is 6.16 Å². The van der Waals surface area contributed by atoms with Gasteiger partial charge in [0, 0.05) is 6.42 Å². The first kappa shape index (κ1) is 30.1. The molecule has 0 radical (unpaired) electrons. The van der Waals surface area contributed by atoms with Crippen LogP contribution in [0.3, 0.4) is 0 Å². The molecule has 4 heteroatoms. The number of carboxylic acid groups (broad SMARTS) is 1. The Morgan fingerprint density at radius 3 is 1.32 bits per heavy atom. The van der Waals surface area contributed by atoms with Crippen molar-refractivity contribution in [1.82, 2.24) is 0 Å². The second-order valence-corrected chi connectivity index (χ2v) is 12.1. The Morgan fingerprint density at radius 1 is 0.618 bits per heavy atom. The van der Waals surface area contributed by atoms with Crippen LogP contribution < -0.4 is 32.9 Å². The highest BCUT2D eigenvalue weighted by molar-refractivity contribution is 7.95. The van der Waals surface area contributed by atoms with Gasteiger partial charge >= 0.3 is 5.97 Å². The summed E-state index contributed by atoms with van der Waals surface area (Å²) in [6, 6.07) is 32.2. The zero-order chi connectivity index (χ0) is 23.8. The third-order valence-electron chi connectivity index (χ3n) is 5.93. The van der Waals surface area contributed by atoms with Crippen molar-refractivity contribution < 1.29 is 26.9 Å². The number of unbranched alkanes of at least 4 members (excludes halogenated alkanes) is 5. The summed E-state index contributed by atoms with van der Waals surface area (Å²) in [5.74, 6) is -0.715. The van der Waals surface area contributed by atoms with E-state index in [9.17, 15) is 4.79 Å². The molecule has 0 fully saturated rings. The maximum atomic E-state index is 10.9. The third-order valence-corrected chi connectivity index (χ3v) is 10.5. The molecule has 0 spiro atoms. The van der Waals surface area contributed by atoms with E-state index in [0.29, 0.717) is 6.42 Å². The van der Waals surface area contributed by atoms with Crippen LogP contribution >= 0.6 is 7.26 Å². The molecule has 1 N–H and O–H groups in total. The molecule has 2 nitrogen and oxygen atoms in total. The van der Waals surface area contributed by atoms with Crippen LogP contribution in [0.2, 0.25) is 0 Å². The lowest BCUT2D eigenvalue weighted by molar-refractivity contribution is -0.137. The molecule has 34 heavy (non-hydrogen) atoms. The van der Waals surface area contributed by atoms with E-state index in [1.54, 1.807) is 0 Å². The Morgan fingerprint density at radius 2 is 1.00 bits per heavy atom. The molecule has 0 unspecified atom stereocenters. The normalized spacial score (nSPS) is 10.5. The van der Waals surface area contributed by atoms with Crippen LogP contribution in [0.1, 0.15) is 65.2 Å². The van der Waals surface area contributed by atoms with Crippen molar-refractivity contribution in [1.29, 1.82) is 0 Å². The van der Waals surface area contributed by atoms with Crippen molar-refractivity contribution in [3.63, 3.8) is 0 Å². The average molecular weight is 544 g/mol. The number of carboxylic acids is 1. The molecule has 0 amide bonds. The van der Waals surface area contributed by atoms with Crippen LogP contribution in [0.4, 0.5) is 0 Å². The maximum Gasteiger partial charge on any atom is 0.303 e. The van der Waals surface area contributed by atoms with E-state index in [2.05, 4.69) is 105 Å². The van der Waals surface area contributed by atoms with E-state index in [0.717, 1.165) is 12.6 Å². The highest BCUT2D eigenvalue weighted by Crippen LogP contribution is 2.55. The minimum Gasteiger partial charge on any atom is -1.00 e. The molecule has 184 valence electrons. The van der Waals surface area contributed by atoms with E-state index >= 15 is 0 Å². The first-order valence-electron chi connectivity index (χ1n) is 12.4. The fraction of sp³-hybridized carbons (Fsp3) is 0.367. The van der Waals surface area contributed by atoms with Crippen LogP contribution in [0.25, 0.3) is 0 Å². The topological polar surface area (TPSA) is 37.3 Å².